The van der Waals surface area contributed by atoms with E-state index in [0.29, 0.717) is 39.3 Å². The highest BCUT2D eigenvalue weighted by Crippen LogP contribution is 2.36. The van der Waals surface area contributed by atoms with Crippen molar-refractivity contribution in [1.82, 2.24) is 19.6 Å². The zero-order valence-corrected chi connectivity index (χ0v) is 18.8. The number of carbonyl (C=O) groups excluding carboxylic acids is 1. The van der Waals surface area contributed by atoms with Crippen molar-refractivity contribution < 1.29 is 14.6 Å². The molecule has 3 aromatic heterocycles. The quantitative estimate of drug-likeness (QED) is 0.319. The Bertz CT molecular complexity index is 1650. The molecule has 0 spiro atoms. The highest BCUT2D eigenvalue weighted by atomic mass is 16.5. The zero-order valence-electron chi connectivity index (χ0n) is 18.8. The van der Waals surface area contributed by atoms with E-state index in [1.54, 1.807) is 28.9 Å². The molecule has 0 aliphatic carbocycles. The number of hydrogen-bond acceptors (Lipinski definition) is 8. The molecule has 0 aliphatic heterocycles. The van der Waals surface area contributed by atoms with Gasteiger partial charge < -0.3 is 20.5 Å². The highest BCUT2D eigenvalue weighted by Gasteiger charge is 2.14. The van der Waals surface area contributed by atoms with Gasteiger partial charge in [0, 0.05) is 42.5 Å². The molecule has 0 aliphatic rings. The third-order valence-corrected chi connectivity index (χ3v) is 5.34. The van der Waals surface area contributed by atoms with Gasteiger partial charge in [0.05, 0.1) is 22.5 Å². The second-order valence-corrected chi connectivity index (χ2v) is 7.86. The maximum Gasteiger partial charge on any atom is 0.221 e. The summed E-state index contributed by atoms with van der Waals surface area (Å²) in [5.41, 5.74) is 3.79. The van der Waals surface area contributed by atoms with Crippen LogP contribution in [0.4, 0.5) is 17.1 Å². The first kappa shape index (κ1) is 21.7. The number of ether oxygens (including phenoxy) is 1. The first-order valence-electron chi connectivity index (χ1n) is 10.6. The Labute approximate surface area is 199 Å². The average Bonchev–Trinajstić information content (AvgIpc) is 3.29. The molecule has 2 aromatic carbocycles. The van der Waals surface area contributed by atoms with E-state index in [0.717, 1.165) is 11.3 Å². The summed E-state index contributed by atoms with van der Waals surface area (Å²) >= 11 is 0. The van der Waals surface area contributed by atoms with Gasteiger partial charge in [0.1, 0.15) is 29.6 Å². The number of aryl methyl sites for hydroxylation is 1. The molecule has 35 heavy (non-hydrogen) atoms. The van der Waals surface area contributed by atoms with Crippen LogP contribution >= 0.6 is 0 Å². The number of anilines is 3. The molecule has 10 heteroatoms. The number of aromatic nitrogens is 4. The molecule has 5 aromatic rings. The SMILES string of the molecule is CC(=O)Nc1cc2c(Nc3ccc(Oc4ccn5ncnc5c4)c(C)c3)c(C#N)cnc2cc1O. The summed E-state index contributed by atoms with van der Waals surface area (Å²) in [7, 11) is 0. The van der Waals surface area contributed by atoms with Crippen LogP contribution in [0.1, 0.15) is 18.1 Å². The van der Waals surface area contributed by atoms with E-state index in [-0.39, 0.29) is 17.3 Å². The standard InChI is InChI=1S/C25H19N7O3/c1-14-7-17(3-4-23(14)35-18-5-6-32-24(8-18)28-13-29-32)31-25-16(11-26)12-27-20-10-22(34)21(9-19(20)25)30-15(2)33/h3-10,12-13,34H,1-2H3,(H,27,31)(H,30,33). The van der Waals surface area contributed by atoms with E-state index < -0.39 is 0 Å². The highest BCUT2D eigenvalue weighted by molar-refractivity contribution is 6.01. The fourth-order valence-electron chi connectivity index (χ4n) is 3.71. The van der Waals surface area contributed by atoms with Crippen molar-refractivity contribution in [3.05, 3.63) is 72.3 Å². The number of rotatable bonds is 5. The second-order valence-electron chi connectivity index (χ2n) is 7.86. The average molecular weight is 465 g/mol. The van der Waals surface area contributed by atoms with Crippen LogP contribution < -0.4 is 15.4 Å². The van der Waals surface area contributed by atoms with Crippen LogP contribution in [0.5, 0.6) is 17.2 Å². The van der Waals surface area contributed by atoms with Crippen LogP contribution in [-0.2, 0) is 4.79 Å². The molecular formula is C25H19N7O3. The molecule has 10 nitrogen and oxygen atoms in total. The van der Waals surface area contributed by atoms with Crippen LogP contribution in [0.25, 0.3) is 16.6 Å². The topological polar surface area (TPSA) is 137 Å². The van der Waals surface area contributed by atoms with Gasteiger partial charge in [-0.15, -0.1) is 0 Å². The Morgan fingerprint density at radius 2 is 2.03 bits per heavy atom. The molecule has 3 heterocycles. The number of pyridine rings is 2. The fourth-order valence-corrected chi connectivity index (χ4v) is 3.71. The summed E-state index contributed by atoms with van der Waals surface area (Å²) in [4.78, 5) is 20.0. The second kappa shape index (κ2) is 8.64. The van der Waals surface area contributed by atoms with Crippen molar-refractivity contribution in [3.63, 3.8) is 0 Å². The summed E-state index contributed by atoms with van der Waals surface area (Å²) in [5.74, 6) is 0.856. The Balaban J connectivity index is 1.48. The minimum Gasteiger partial charge on any atom is -0.506 e. The maximum absolute atomic E-state index is 11.5. The molecule has 0 saturated carbocycles. The van der Waals surface area contributed by atoms with Gasteiger partial charge in [-0.1, -0.05) is 0 Å². The first-order valence-corrected chi connectivity index (χ1v) is 10.6. The molecule has 1 amide bonds. The van der Waals surface area contributed by atoms with Crippen LogP contribution in [0.3, 0.4) is 0 Å². The number of nitriles is 1. The number of nitrogens with one attached hydrogen (secondary N) is 2. The lowest BCUT2D eigenvalue weighted by atomic mass is 10.1. The lowest BCUT2D eigenvalue weighted by molar-refractivity contribution is -0.114. The third kappa shape index (κ3) is 4.26. The summed E-state index contributed by atoms with van der Waals surface area (Å²) in [6.45, 7) is 3.27. The van der Waals surface area contributed by atoms with Gasteiger partial charge in [0.25, 0.3) is 0 Å². The molecular weight excluding hydrogens is 446 g/mol. The molecule has 3 N–H and O–H groups in total. The largest absolute Gasteiger partial charge is 0.506 e. The predicted molar refractivity (Wildman–Crippen MR) is 130 cm³/mol. The van der Waals surface area contributed by atoms with E-state index in [1.807, 2.05) is 25.1 Å². The number of nitrogens with zero attached hydrogens (tertiary/aromatic N) is 5. The summed E-state index contributed by atoms with van der Waals surface area (Å²) in [6, 6.07) is 14.3. The lowest BCUT2D eigenvalue weighted by Crippen LogP contribution is -2.06. The van der Waals surface area contributed by atoms with Crippen LogP contribution in [0.15, 0.2) is 61.2 Å². The van der Waals surface area contributed by atoms with Crippen LogP contribution in [0, 0.1) is 18.3 Å². The number of benzene rings is 2. The van der Waals surface area contributed by atoms with Crippen LogP contribution in [0.2, 0.25) is 0 Å². The van der Waals surface area contributed by atoms with Gasteiger partial charge in [-0.2, -0.15) is 10.4 Å². The zero-order chi connectivity index (χ0) is 24.5. The Hall–Kier alpha value is -5.17. The molecule has 0 unspecified atom stereocenters. The van der Waals surface area contributed by atoms with Gasteiger partial charge >= 0.3 is 0 Å². The monoisotopic (exact) mass is 465 g/mol. The van der Waals surface area contributed by atoms with Crippen molar-refractivity contribution in [2.45, 2.75) is 13.8 Å². The van der Waals surface area contributed by atoms with E-state index in [2.05, 4.69) is 31.8 Å². The molecule has 172 valence electrons. The van der Waals surface area contributed by atoms with Gasteiger partial charge in [-0.05, 0) is 42.8 Å². The summed E-state index contributed by atoms with van der Waals surface area (Å²) < 4.78 is 7.68. The fraction of sp³-hybridized carbons (Fsp3) is 0.0800. The van der Waals surface area contributed by atoms with Crippen molar-refractivity contribution in [1.29, 1.82) is 5.26 Å². The van der Waals surface area contributed by atoms with Crippen LogP contribution in [-0.4, -0.2) is 30.6 Å². The van der Waals surface area contributed by atoms with Gasteiger partial charge in [0.15, 0.2) is 5.65 Å². The smallest absolute Gasteiger partial charge is 0.221 e. The molecule has 5 rings (SSSR count). The minimum atomic E-state index is -0.326. The lowest BCUT2D eigenvalue weighted by Gasteiger charge is -2.15. The maximum atomic E-state index is 11.5. The number of carbonyl (C=O) groups is 1. The first-order chi connectivity index (χ1) is 16.9. The molecule has 0 fully saturated rings. The van der Waals surface area contributed by atoms with Crippen molar-refractivity contribution in [3.8, 4) is 23.3 Å². The van der Waals surface area contributed by atoms with E-state index >= 15 is 0 Å². The Morgan fingerprint density at radius 3 is 2.80 bits per heavy atom. The Kier molecular flexibility index (Phi) is 5.35. The van der Waals surface area contributed by atoms with Crippen molar-refractivity contribution in [2.24, 2.45) is 0 Å². The molecule has 0 saturated heterocycles. The number of aromatic hydroxyl groups is 1. The predicted octanol–water partition coefficient (Wildman–Crippen LogP) is 4.66. The number of fused-ring (bicyclic) bond motifs is 2. The summed E-state index contributed by atoms with van der Waals surface area (Å²) in [6.07, 6.45) is 4.69. The molecule has 0 bridgehead atoms. The number of amides is 1. The van der Waals surface area contributed by atoms with E-state index in [9.17, 15) is 15.2 Å². The van der Waals surface area contributed by atoms with Gasteiger partial charge in [-0.3, -0.25) is 9.78 Å². The minimum absolute atomic E-state index is 0.113. The number of phenolic OH excluding ortho intramolecular Hbond substituents is 1. The Morgan fingerprint density at radius 1 is 1.17 bits per heavy atom. The normalized spacial score (nSPS) is 10.8. The summed E-state index contributed by atoms with van der Waals surface area (Å²) in [5, 5.41) is 30.4. The number of phenols is 1. The van der Waals surface area contributed by atoms with E-state index in [4.69, 9.17) is 4.74 Å². The molecule has 0 radical (unpaired) electrons. The van der Waals surface area contributed by atoms with Crippen molar-refractivity contribution in [2.75, 3.05) is 10.6 Å². The molecule has 0 atom stereocenters. The van der Waals surface area contributed by atoms with Crippen molar-refractivity contribution >= 4 is 39.5 Å². The van der Waals surface area contributed by atoms with Gasteiger partial charge in [0.2, 0.25) is 5.91 Å². The van der Waals surface area contributed by atoms with E-state index in [1.165, 1.54) is 25.5 Å². The third-order valence-electron chi connectivity index (χ3n) is 5.34. The van der Waals surface area contributed by atoms with Gasteiger partial charge in [-0.25, -0.2) is 9.50 Å². The number of hydrogen-bond donors (Lipinski definition) is 3.